The van der Waals surface area contributed by atoms with Gasteiger partial charge in [-0.2, -0.15) is 0 Å². The summed E-state index contributed by atoms with van der Waals surface area (Å²) in [5, 5.41) is 3.31. The Morgan fingerprint density at radius 3 is 2.61 bits per heavy atom. The van der Waals surface area contributed by atoms with Crippen molar-refractivity contribution in [1.29, 1.82) is 0 Å². The van der Waals surface area contributed by atoms with Gasteiger partial charge in [-0.3, -0.25) is 9.69 Å². The average Bonchev–Trinajstić information content (AvgIpc) is 2.34. The van der Waals surface area contributed by atoms with Crippen molar-refractivity contribution in [1.82, 2.24) is 14.9 Å². The highest BCUT2D eigenvalue weighted by Gasteiger charge is 2.20. The van der Waals surface area contributed by atoms with Crippen molar-refractivity contribution in [2.45, 2.75) is 18.9 Å². The topological polar surface area (TPSA) is 84.1 Å². The smallest absolute Gasteiger partial charge is 0.231 e. The Labute approximate surface area is 119 Å². The minimum atomic E-state index is -0.262. The zero-order valence-electron chi connectivity index (χ0n) is 9.97. The number of piperidine rings is 1. The third-order valence-corrected chi connectivity index (χ3v) is 3.48. The van der Waals surface area contributed by atoms with Crippen LogP contribution in [0.2, 0.25) is 0 Å². The zero-order chi connectivity index (χ0) is 13.0. The Morgan fingerprint density at radius 1 is 1.44 bits per heavy atom. The molecule has 1 aromatic heterocycles. The third-order valence-electron chi connectivity index (χ3n) is 2.92. The van der Waals surface area contributed by atoms with Gasteiger partial charge in [0.25, 0.3) is 0 Å². The number of carbonyl (C=O) groups excluding carboxylic acids is 1. The number of primary amides is 1. The van der Waals surface area contributed by atoms with Crippen molar-refractivity contribution in [3.05, 3.63) is 16.0 Å². The molecule has 2 heterocycles. The largest absolute Gasteiger partial charge is 0.369 e. The molecule has 0 spiro atoms. The number of nitrogens with one attached hydrogen (secondary N) is 1. The van der Waals surface area contributed by atoms with E-state index >= 15 is 0 Å². The van der Waals surface area contributed by atoms with Gasteiger partial charge in [-0.05, 0) is 35.4 Å². The fraction of sp³-hybridized carbons (Fsp3) is 0.545. The lowest BCUT2D eigenvalue weighted by atomic mass is 10.1. The van der Waals surface area contributed by atoms with E-state index in [0.717, 1.165) is 29.5 Å². The van der Waals surface area contributed by atoms with E-state index in [-0.39, 0.29) is 5.91 Å². The molecule has 7 heteroatoms. The van der Waals surface area contributed by atoms with E-state index in [1.54, 1.807) is 12.4 Å². The first kappa shape index (κ1) is 13.5. The second kappa shape index (κ2) is 6.28. The van der Waals surface area contributed by atoms with Gasteiger partial charge in [0.2, 0.25) is 11.9 Å². The summed E-state index contributed by atoms with van der Waals surface area (Å²) in [5.41, 5.74) is 5.18. The van der Waals surface area contributed by atoms with Gasteiger partial charge < -0.3 is 11.1 Å². The molecule has 1 aliphatic heterocycles. The summed E-state index contributed by atoms with van der Waals surface area (Å²) >= 11 is 2.18. The van der Waals surface area contributed by atoms with Crippen molar-refractivity contribution < 1.29 is 4.79 Å². The number of anilines is 1. The monoisotopic (exact) mass is 361 g/mol. The van der Waals surface area contributed by atoms with E-state index in [2.05, 4.69) is 42.8 Å². The van der Waals surface area contributed by atoms with E-state index in [1.165, 1.54) is 0 Å². The Bertz CT molecular complexity index is 402. The molecule has 1 fully saturated rings. The molecule has 2 rings (SSSR count). The molecule has 1 amide bonds. The Kier molecular flexibility index (Phi) is 4.70. The maximum absolute atomic E-state index is 10.8. The van der Waals surface area contributed by atoms with Gasteiger partial charge in [0.15, 0.2) is 0 Å². The number of rotatable bonds is 4. The van der Waals surface area contributed by atoms with Gasteiger partial charge in [-0.25, -0.2) is 9.97 Å². The summed E-state index contributed by atoms with van der Waals surface area (Å²) in [5.74, 6) is 0.408. The van der Waals surface area contributed by atoms with Crippen LogP contribution in [-0.2, 0) is 4.79 Å². The zero-order valence-corrected chi connectivity index (χ0v) is 12.1. The van der Waals surface area contributed by atoms with Crippen molar-refractivity contribution in [3.63, 3.8) is 0 Å². The summed E-state index contributed by atoms with van der Waals surface area (Å²) < 4.78 is 1.02. The molecule has 1 aliphatic rings. The van der Waals surface area contributed by atoms with Crippen LogP contribution in [0.4, 0.5) is 5.95 Å². The second-order valence-corrected chi connectivity index (χ2v) is 5.63. The summed E-state index contributed by atoms with van der Waals surface area (Å²) in [4.78, 5) is 21.3. The average molecular weight is 361 g/mol. The highest BCUT2D eigenvalue weighted by atomic mass is 127. The number of carbonyl (C=O) groups is 1. The van der Waals surface area contributed by atoms with E-state index in [0.29, 0.717) is 18.5 Å². The predicted molar refractivity (Wildman–Crippen MR) is 77.0 cm³/mol. The lowest BCUT2D eigenvalue weighted by Gasteiger charge is -2.31. The first-order chi connectivity index (χ1) is 8.63. The molecule has 0 saturated carbocycles. The number of likely N-dealkylation sites (tertiary alicyclic amines) is 1. The van der Waals surface area contributed by atoms with Crippen molar-refractivity contribution in [2.24, 2.45) is 5.73 Å². The van der Waals surface area contributed by atoms with Crippen LogP contribution in [0, 0.1) is 3.57 Å². The molecular weight excluding hydrogens is 345 g/mol. The fourth-order valence-electron chi connectivity index (χ4n) is 2.03. The maximum Gasteiger partial charge on any atom is 0.231 e. The first-order valence-electron chi connectivity index (χ1n) is 5.88. The van der Waals surface area contributed by atoms with Crippen LogP contribution in [0.15, 0.2) is 12.4 Å². The standard InChI is InChI=1S/C11H16IN5O/c12-8-5-14-11(15-6-8)16-9-1-3-17(4-2-9)7-10(13)18/h5-6,9H,1-4,7H2,(H2,13,18)(H,14,15,16). The molecule has 0 atom stereocenters. The van der Waals surface area contributed by atoms with Crippen LogP contribution in [0.25, 0.3) is 0 Å². The SMILES string of the molecule is NC(=O)CN1CCC(Nc2ncc(I)cn2)CC1. The summed E-state index contributed by atoms with van der Waals surface area (Å²) in [7, 11) is 0. The van der Waals surface area contributed by atoms with Gasteiger partial charge in [0, 0.05) is 35.1 Å². The molecule has 0 aliphatic carbocycles. The second-order valence-electron chi connectivity index (χ2n) is 4.39. The molecule has 3 N–H and O–H groups in total. The van der Waals surface area contributed by atoms with Gasteiger partial charge in [-0.15, -0.1) is 0 Å². The molecule has 1 aromatic rings. The molecule has 1 saturated heterocycles. The van der Waals surface area contributed by atoms with Gasteiger partial charge in [-0.1, -0.05) is 0 Å². The van der Waals surface area contributed by atoms with E-state index in [1.807, 2.05) is 0 Å². The first-order valence-corrected chi connectivity index (χ1v) is 6.96. The molecule has 6 nitrogen and oxygen atoms in total. The Hall–Kier alpha value is -0.960. The van der Waals surface area contributed by atoms with E-state index in [4.69, 9.17) is 5.73 Å². The van der Waals surface area contributed by atoms with Crippen molar-refractivity contribution >= 4 is 34.4 Å². The maximum atomic E-state index is 10.8. The van der Waals surface area contributed by atoms with Gasteiger partial charge >= 0.3 is 0 Å². The fourth-order valence-corrected chi connectivity index (χ4v) is 2.30. The van der Waals surface area contributed by atoms with Gasteiger partial charge in [0.1, 0.15) is 0 Å². The number of hydrogen-bond acceptors (Lipinski definition) is 5. The molecule has 18 heavy (non-hydrogen) atoms. The molecule has 98 valence electrons. The third kappa shape index (κ3) is 4.05. The van der Waals surface area contributed by atoms with Crippen molar-refractivity contribution in [2.75, 3.05) is 25.0 Å². The quantitative estimate of drug-likeness (QED) is 0.761. The minimum Gasteiger partial charge on any atom is -0.369 e. The number of hydrogen-bond donors (Lipinski definition) is 2. The Balaban J connectivity index is 1.79. The number of amides is 1. The van der Waals surface area contributed by atoms with Crippen LogP contribution >= 0.6 is 22.6 Å². The predicted octanol–water partition coefficient (Wildman–Crippen LogP) is 0.443. The van der Waals surface area contributed by atoms with Crippen LogP contribution < -0.4 is 11.1 Å². The number of halogens is 1. The highest BCUT2D eigenvalue weighted by molar-refractivity contribution is 14.1. The normalized spacial score (nSPS) is 17.6. The molecule has 0 radical (unpaired) electrons. The lowest BCUT2D eigenvalue weighted by Crippen LogP contribution is -2.43. The van der Waals surface area contributed by atoms with E-state index in [9.17, 15) is 4.79 Å². The number of nitrogens with two attached hydrogens (primary N) is 1. The van der Waals surface area contributed by atoms with E-state index < -0.39 is 0 Å². The number of aromatic nitrogens is 2. The molecule has 0 aromatic carbocycles. The molecule has 0 unspecified atom stereocenters. The van der Waals surface area contributed by atoms with Crippen LogP contribution in [0.1, 0.15) is 12.8 Å². The summed E-state index contributed by atoms with van der Waals surface area (Å²) in [6.45, 7) is 2.11. The van der Waals surface area contributed by atoms with Gasteiger partial charge in [0.05, 0.1) is 6.54 Å². The van der Waals surface area contributed by atoms with Crippen LogP contribution in [0.3, 0.4) is 0 Å². The highest BCUT2D eigenvalue weighted by Crippen LogP contribution is 2.14. The van der Waals surface area contributed by atoms with Crippen molar-refractivity contribution in [3.8, 4) is 0 Å². The Morgan fingerprint density at radius 2 is 2.06 bits per heavy atom. The van der Waals surface area contributed by atoms with Crippen LogP contribution in [-0.4, -0.2) is 46.5 Å². The number of nitrogens with zero attached hydrogens (tertiary/aromatic N) is 3. The summed E-state index contributed by atoms with van der Waals surface area (Å²) in [6.07, 6.45) is 5.53. The molecule has 0 bridgehead atoms. The summed E-state index contributed by atoms with van der Waals surface area (Å²) in [6, 6.07) is 0.370. The molecular formula is C11H16IN5O. The lowest BCUT2D eigenvalue weighted by molar-refractivity contribution is -0.119. The van der Waals surface area contributed by atoms with Crippen LogP contribution in [0.5, 0.6) is 0 Å². The minimum absolute atomic E-state index is 0.262.